The van der Waals surface area contributed by atoms with Crippen LogP contribution in [0.2, 0.25) is 5.02 Å². The van der Waals surface area contributed by atoms with Crippen LogP contribution in [0, 0.1) is 0 Å². The van der Waals surface area contributed by atoms with Crippen LogP contribution < -0.4 is 4.90 Å². The van der Waals surface area contributed by atoms with Gasteiger partial charge in [0.2, 0.25) is 0 Å². The molecule has 5 nitrogen and oxygen atoms in total. The Bertz CT molecular complexity index is 1260. The van der Waals surface area contributed by atoms with E-state index < -0.39 is 17.8 Å². The van der Waals surface area contributed by atoms with Gasteiger partial charge in [-0.1, -0.05) is 61.9 Å². The number of hydrogen-bond donors (Lipinski definition) is 0. The maximum Gasteiger partial charge on any atom is 0.341 e. The van der Waals surface area contributed by atoms with Crippen LogP contribution in [0.15, 0.2) is 47.8 Å². The fourth-order valence-corrected chi connectivity index (χ4v) is 4.92. The number of imide groups is 1. The molecule has 0 radical (unpaired) electrons. The van der Waals surface area contributed by atoms with Gasteiger partial charge in [-0.05, 0) is 42.2 Å². The van der Waals surface area contributed by atoms with Crippen LogP contribution in [0.4, 0.5) is 5.00 Å². The lowest BCUT2D eigenvalue weighted by Crippen LogP contribution is -2.30. The van der Waals surface area contributed by atoms with E-state index in [1.165, 1.54) is 0 Å². The predicted octanol–water partition coefficient (Wildman–Crippen LogP) is 6.67. The summed E-state index contributed by atoms with van der Waals surface area (Å²) >= 11 is 7.60. The second kappa shape index (κ2) is 9.33. The lowest BCUT2D eigenvalue weighted by atomic mass is 10.0. The number of benzene rings is 2. The number of amides is 2. The topological polar surface area (TPSA) is 63.7 Å². The molecule has 0 atom stereocenters. The molecule has 2 heterocycles. The van der Waals surface area contributed by atoms with E-state index in [1.54, 1.807) is 42.6 Å². The van der Waals surface area contributed by atoms with Gasteiger partial charge in [-0.15, -0.1) is 11.3 Å². The average Bonchev–Trinajstić information content (AvgIpc) is 3.31. The van der Waals surface area contributed by atoms with E-state index in [0.29, 0.717) is 27.6 Å². The highest BCUT2D eigenvalue weighted by Crippen LogP contribution is 2.38. The molecule has 3 aromatic rings. The molecule has 0 bridgehead atoms. The van der Waals surface area contributed by atoms with Crippen LogP contribution in [-0.4, -0.2) is 24.4 Å². The molecule has 0 aliphatic carbocycles. The second-order valence-corrected chi connectivity index (χ2v) is 9.12. The fourth-order valence-electron chi connectivity index (χ4n) is 3.65. The van der Waals surface area contributed by atoms with E-state index in [2.05, 4.69) is 13.8 Å². The Labute approximate surface area is 201 Å². The molecule has 33 heavy (non-hydrogen) atoms. The zero-order valence-corrected chi connectivity index (χ0v) is 20.0. The van der Waals surface area contributed by atoms with Crippen molar-refractivity contribution in [3.63, 3.8) is 0 Å². The largest absolute Gasteiger partial charge is 0.462 e. The van der Waals surface area contributed by atoms with Gasteiger partial charge in [0.05, 0.1) is 17.7 Å². The van der Waals surface area contributed by atoms with E-state index in [4.69, 9.17) is 16.3 Å². The maximum absolute atomic E-state index is 13.0. The molecule has 0 fully saturated rings. The van der Waals surface area contributed by atoms with Crippen molar-refractivity contribution in [2.24, 2.45) is 0 Å². The Balaban J connectivity index is 1.74. The predicted molar refractivity (Wildman–Crippen MR) is 132 cm³/mol. The SMILES string of the molecule is CCOC(=O)c1c(/C=C/c2ccc(C(C)C)cc2Cl)csc1N1C(=O)c2ccccc2C1=O. The summed E-state index contributed by atoms with van der Waals surface area (Å²) in [6, 6.07) is 12.5. The molecular formula is C26H22ClNO4S. The Hall–Kier alpha value is -3.22. The number of rotatable bonds is 6. The Morgan fingerprint density at radius 2 is 1.70 bits per heavy atom. The molecule has 0 spiro atoms. The van der Waals surface area contributed by atoms with Gasteiger partial charge < -0.3 is 4.74 Å². The summed E-state index contributed by atoms with van der Waals surface area (Å²) in [7, 11) is 0. The molecule has 168 valence electrons. The Kier molecular flexibility index (Phi) is 6.49. The van der Waals surface area contributed by atoms with Crippen LogP contribution in [-0.2, 0) is 4.74 Å². The average molecular weight is 480 g/mol. The number of hydrogen-bond acceptors (Lipinski definition) is 5. The quantitative estimate of drug-likeness (QED) is 0.292. The minimum Gasteiger partial charge on any atom is -0.462 e. The van der Waals surface area contributed by atoms with E-state index >= 15 is 0 Å². The molecule has 4 rings (SSSR count). The number of fused-ring (bicyclic) bond motifs is 1. The number of anilines is 1. The van der Waals surface area contributed by atoms with Crippen molar-refractivity contribution in [1.29, 1.82) is 0 Å². The number of carbonyl (C=O) groups is 3. The van der Waals surface area contributed by atoms with Crippen molar-refractivity contribution in [1.82, 2.24) is 0 Å². The summed E-state index contributed by atoms with van der Waals surface area (Å²) in [6.07, 6.45) is 3.56. The maximum atomic E-state index is 13.0. The summed E-state index contributed by atoms with van der Waals surface area (Å²) in [5.41, 5.74) is 3.30. The standard InChI is InChI=1S/C26H22ClNO4S/c1-4-32-26(31)22-18(12-10-16-9-11-17(15(2)3)13-21(16)27)14-33-25(22)28-23(29)19-7-5-6-8-20(19)24(28)30/h5-15H,4H2,1-3H3/b12-10+. The third kappa shape index (κ3) is 4.24. The fraction of sp³-hybridized carbons (Fsp3) is 0.192. The number of halogens is 1. The molecule has 2 amide bonds. The van der Waals surface area contributed by atoms with E-state index in [1.807, 2.05) is 24.3 Å². The van der Waals surface area contributed by atoms with Gasteiger partial charge in [-0.3, -0.25) is 9.59 Å². The minimum absolute atomic E-state index is 0.169. The number of nitrogens with zero attached hydrogens (tertiary/aromatic N) is 1. The van der Waals surface area contributed by atoms with Gasteiger partial charge in [0.1, 0.15) is 10.6 Å². The van der Waals surface area contributed by atoms with Gasteiger partial charge in [-0.25, -0.2) is 9.69 Å². The molecule has 1 aliphatic heterocycles. The summed E-state index contributed by atoms with van der Waals surface area (Å²) in [6.45, 7) is 6.07. The van der Waals surface area contributed by atoms with Crippen molar-refractivity contribution >= 4 is 57.9 Å². The molecule has 0 saturated carbocycles. The van der Waals surface area contributed by atoms with Gasteiger partial charge in [0, 0.05) is 16.0 Å². The highest BCUT2D eigenvalue weighted by molar-refractivity contribution is 7.15. The van der Waals surface area contributed by atoms with Crippen LogP contribution >= 0.6 is 22.9 Å². The van der Waals surface area contributed by atoms with Crippen molar-refractivity contribution in [2.45, 2.75) is 26.7 Å². The third-order valence-corrected chi connectivity index (χ3v) is 6.72. The number of carbonyl (C=O) groups excluding carboxylic acids is 3. The molecule has 7 heteroatoms. The Morgan fingerprint density at radius 1 is 1.06 bits per heavy atom. The van der Waals surface area contributed by atoms with Crippen molar-refractivity contribution < 1.29 is 19.1 Å². The van der Waals surface area contributed by atoms with Crippen LogP contribution in [0.3, 0.4) is 0 Å². The smallest absolute Gasteiger partial charge is 0.341 e. The zero-order chi connectivity index (χ0) is 23.7. The van der Waals surface area contributed by atoms with Gasteiger partial charge in [0.25, 0.3) is 11.8 Å². The summed E-state index contributed by atoms with van der Waals surface area (Å²) in [5.74, 6) is -1.14. The third-order valence-electron chi connectivity index (χ3n) is 5.41. The van der Waals surface area contributed by atoms with Gasteiger partial charge in [0.15, 0.2) is 0 Å². The van der Waals surface area contributed by atoms with Gasteiger partial charge >= 0.3 is 5.97 Å². The molecule has 0 N–H and O–H groups in total. The summed E-state index contributed by atoms with van der Waals surface area (Å²) in [5, 5.41) is 2.59. The van der Waals surface area contributed by atoms with Crippen LogP contribution in [0.5, 0.6) is 0 Å². The second-order valence-electron chi connectivity index (χ2n) is 7.85. The first-order chi connectivity index (χ1) is 15.8. The Morgan fingerprint density at radius 3 is 2.27 bits per heavy atom. The molecule has 1 aliphatic rings. The molecule has 0 saturated heterocycles. The van der Waals surface area contributed by atoms with E-state index in [9.17, 15) is 14.4 Å². The molecule has 0 unspecified atom stereocenters. The zero-order valence-electron chi connectivity index (χ0n) is 18.4. The first kappa shape index (κ1) is 23.0. The number of thiophene rings is 1. The van der Waals surface area contributed by atoms with Crippen molar-refractivity contribution in [3.8, 4) is 0 Å². The van der Waals surface area contributed by atoms with Crippen LogP contribution in [0.25, 0.3) is 12.2 Å². The number of esters is 1. The lowest BCUT2D eigenvalue weighted by Gasteiger charge is -2.14. The van der Waals surface area contributed by atoms with E-state index in [-0.39, 0.29) is 17.2 Å². The van der Waals surface area contributed by atoms with Crippen LogP contribution in [0.1, 0.15) is 74.5 Å². The summed E-state index contributed by atoms with van der Waals surface area (Å²) < 4.78 is 5.25. The first-order valence-electron chi connectivity index (χ1n) is 10.6. The lowest BCUT2D eigenvalue weighted by molar-refractivity contribution is 0.0527. The highest BCUT2D eigenvalue weighted by Gasteiger charge is 2.39. The minimum atomic E-state index is -0.591. The number of ether oxygens (including phenoxy) is 1. The highest BCUT2D eigenvalue weighted by atomic mass is 35.5. The van der Waals surface area contributed by atoms with E-state index in [0.717, 1.165) is 27.4 Å². The summed E-state index contributed by atoms with van der Waals surface area (Å²) in [4.78, 5) is 39.9. The molecule has 1 aromatic heterocycles. The molecular weight excluding hydrogens is 458 g/mol. The monoisotopic (exact) mass is 479 g/mol. The van der Waals surface area contributed by atoms with Gasteiger partial charge in [-0.2, -0.15) is 0 Å². The molecule has 2 aromatic carbocycles. The van der Waals surface area contributed by atoms with Crippen molar-refractivity contribution in [2.75, 3.05) is 11.5 Å². The normalized spacial score (nSPS) is 13.3. The van der Waals surface area contributed by atoms with Crippen molar-refractivity contribution in [3.05, 3.63) is 86.2 Å². The first-order valence-corrected chi connectivity index (χ1v) is 11.8.